The summed E-state index contributed by atoms with van der Waals surface area (Å²) in [7, 11) is 0. The summed E-state index contributed by atoms with van der Waals surface area (Å²) in [5.41, 5.74) is 1.25. The quantitative estimate of drug-likeness (QED) is 0.731. The Kier molecular flexibility index (Phi) is 3.68. The number of halogens is 2. The highest BCUT2D eigenvalue weighted by Gasteiger charge is 2.29. The summed E-state index contributed by atoms with van der Waals surface area (Å²) < 4.78 is 0. The van der Waals surface area contributed by atoms with Gasteiger partial charge in [0.2, 0.25) is 0 Å². The zero-order valence-electron chi connectivity index (χ0n) is 9.48. The maximum atomic E-state index is 11.1. The van der Waals surface area contributed by atoms with Gasteiger partial charge in [-0.25, -0.2) is 9.59 Å². The van der Waals surface area contributed by atoms with Crippen molar-refractivity contribution < 1.29 is 19.8 Å². The molecule has 7 heteroatoms. The van der Waals surface area contributed by atoms with Crippen LogP contribution < -0.4 is 5.32 Å². The van der Waals surface area contributed by atoms with Crippen molar-refractivity contribution >= 4 is 46.4 Å². The molecule has 0 amide bonds. The van der Waals surface area contributed by atoms with Gasteiger partial charge in [-0.15, -0.1) is 0 Å². The number of carbonyl (C=O) groups is 2. The molecule has 5 nitrogen and oxygen atoms in total. The van der Waals surface area contributed by atoms with Crippen molar-refractivity contribution in [3.8, 4) is 0 Å². The van der Waals surface area contributed by atoms with Gasteiger partial charge in [0.15, 0.2) is 0 Å². The van der Waals surface area contributed by atoms with Gasteiger partial charge in [0.25, 0.3) is 0 Å². The van der Waals surface area contributed by atoms with Crippen LogP contribution in [0.25, 0.3) is 5.57 Å². The maximum absolute atomic E-state index is 11.1. The molecular formula is C12H9Cl2NO4. The number of aliphatic carboxylic acids is 2. The predicted molar refractivity (Wildman–Crippen MR) is 71.7 cm³/mol. The fraction of sp³-hybridized carbons (Fsp3) is 0.167. The lowest BCUT2D eigenvalue weighted by Gasteiger charge is -2.27. The summed E-state index contributed by atoms with van der Waals surface area (Å²) in [5, 5.41) is 21.3. The topological polar surface area (TPSA) is 86.6 Å². The van der Waals surface area contributed by atoms with E-state index in [0.29, 0.717) is 21.8 Å². The van der Waals surface area contributed by atoms with Crippen molar-refractivity contribution in [2.24, 2.45) is 0 Å². The number of rotatable bonds is 2. The number of hydrogen-bond donors (Lipinski definition) is 3. The van der Waals surface area contributed by atoms with Crippen LogP contribution in [-0.4, -0.2) is 28.2 Å². The van der Waals surface area contributed by atoms with E-state index in [9.17, 15) is 9.59 Å². The first-order valence-electron chi connectivity index (χ1n) is 5.30. The van der Waals surface area contributed by atoms with Gasteiger partial charge < -0.3 is 15.5 Å². The lowest BCUT2D eigenvalue weighted by Crippen LogP contribution is -2.33. The molecule has 19 heavy (non-hydrogen) atoms. The zero-order valence-corrected chi connectivity index (χ0v) is 11.0. The highest BCUT2D eigenvalue weighted by Crippen LogP contribution is 2.40. The first-order chi connectivity index (χ1) is 8.88. The molecule has 0 fully saturated rings. The number of fused-ring (bicyclic) bond motifs is 1. The van der Waals surface area contributed by atoms with Crippen LogP contribution in [-0.2, 0) is 9.59 Å². The van der Waals surface area contributed by atoms with Gasteiger partial charge in [-0.2, -0.15) is 0 Å². The molecule has 0 saturated heterocycles. The van der Waals surface area contributed by atoms with Crippen LogP contribution in [0.3, 0.4) is 0 Å². The van der Waals surface area contributed by atoms with Crippen LogP contribution in [0.4, 0.5) is 5.69 Å². The van der Waals surface area contributed by atoms with Crippen molar-refractivity contribution in [1.82, 2.24) is 0 Å². The molecule has 1 heterocycles. The SMILES string of the molecule is O=C(O)/C=C1\CC(C(=O)O)Nc2cc(Cl)cc(Cl)c21. The summed E-state index contributed by atoms with van der Waals surface area (Å²) in [6.45, 7) is 0. The Morgan fingerprint density at radius 3 is 2.58 bits per heavy atom. The van der Waals surface area contributed by atoms with E-state index in [1.54, 1.807) is 0 Å². The first-order valence-corrected chi connectivity index (χ1v) is 6.06. The second kappa shape index (κ2) is 5.11. The molecule has 0 aromatic heterocycles. The molecule has 2 rings (SSSR count). The van der Waals surface area contributed by atoms with Crippen LogP contribution in [0.15, 0.2) is 18.2 Å². The normalized spacial score (nSPS) is 19.7. The summed E-state index contributed by atoms with van der Waals surface area (Å²) in [6.07, 6.45) is 1.01. The first kappa shape index (κ1) is 13.7. The number of benzene rings is 1. The minimum absolute atomic E-state index is 0.0377. The molecule has 1 aromatic carbocycles. The van der Waals surface area contributed by atoms with Gasteiger partial charge in [-0.3, -0.25) is 0 Å². The van der Waals surface area contributed by atoms with E-state index in [1.165, 1.54) is 12.1 Å². The van der Waals surface area contributed by atoms with Crippen LogP contribution in [0.1, 0.15) is 12.0 Å². The molecule has 0 spiro atoms. The van der Waals surface area contributed by atoms with Crippen LogP contribution >= 0.6 is 23.2 Å². The van der Waals surface area contributed by atoms with E-state index in [1.807, 2.05) is 0 Å². The lowest BCUT2D eigenvalue weighted by atomic mass is 9.92. The minimum Gasteiger partial charge on any atom is -0.480 e. The summed E-state index contributed by atoms with van der Waals surface area (Å²) in [5.74, 6) is -2.23. The largest absolute Gasteiger partial charge is 0.480 e. The van der Waals surface area contributed by atoms with Crippen LogP contribution in [0, 0.1) is 0 Å². The second-order valence-electron chi connectivity index (χ2n) is 4.06. The molecule has 0 bridgehead atoms. The van der Waals surface area contributed by atoms with E-state index in [0.717, 1.165) is 6.08 Å². The Morgan fingerprint density at radius 1 is 1.32 bits per heavy atom. The molecule has 3 N–H and O–H groups in total. The van der Waals surface area contributed by atoms with Crippen molar-refractivity contribution in [2.45, 2.75) is 12.5 Å². The fourth-order valence-electron chi connectivity index (χ4n) is 2.00. The van der Waals surface area contributed by atoms with Crippen molar-refractivity contribution in [1.29, 1.82) is 0 Å². The Morgan fingerprint density at radius 2 is 2.00 bits per heavy atom. The summed E-state index contributed by atoms with van der Waals surface area (Å²) >= 11 is 11.9. The number of nitrogens with one attached hydrogen (secondary N) is 1. The minimum atomic E-state index is -1.15. The monoisotopic (exact) mass is 301 g/mol. The molecule has 0 radical (unpaired) electrons. The Bertz CT molecular complexity index is 598. The molecule has 1 aliphatic heterocycles. The number of hydrogen-bond acceptors (Lipinski definition) is 3. The number of anilines is 1. The van der Waals surface area contributed by atoms with Gasteiger partial charge in [0.1, 0.15) is 6.04 Å². The Balaban J connectivity index is 2.59. The van der Waals surface area contributed by atoms with Crippen molar-refractivity contribution in [3.05, 3.63) is 33.8 Å². The Labute approximate surface area is 118 Å². The van der Waals surface area contributed by atoms with E-state index in [4.69, 9.17) is 33.4 Å². The molecule has 1 aliphatic rings. The third kappa shape index (κ3) is 2.83. The van der Waals surface area contributed by atoms with Gasteiger partial charge in [0.05, 0.1) is 5.02 Å². The molecule has 1 atom stereocenters. The van der Waals surface area contributed by atoms with Gasteiger partial charge >= 0.3 is 11.9 Å². The predicted octanol–water partition coefficient (Wildman–Crippen LogP) is 2.73. The smallest absolute Gasteiger partial charge is 0.328 e. The fourth-order valence-corrected chi connectivity index (χ4v) is 2.62. The van der Waals surface area contributed by atoms with Crippen LogP contribution in [0.2, 0.25) is 10.0 Å². The van der Waals surface area contributed by atoms with E-state index >= 15 is 0 Å². The van der Waals surface area contributed by atoms with E-state index < -0.39 is 18.0 Å². The molecule has 0 aliphatic carbocycles. The molecule has 0 saturated carbocycles. The van der Waals surface area contributed by atoms with Crippen molar-refractivity contribution in [3.63, 3.8) is 0 Å². The zero-order chi connectivity index (χ0) is 14.2. The van der Waals surface area contributed by atoms with Crippen LogP contribution in [0.5, 0.6) is 0 Å². The van der Waals surface area contributed by atoms with E-state index in [-0.39, 0.29) is 11.4 Å². The average Bonchev–Trinajstić information content (AvgIpc) is 2.26. The van der Waals surface area contributed by atoms with E-state index in [2.05, 4.69) is 5.32 Å². The molecule has 1 unspecified atom stereocenters. The second-order valence-corrected chi connectivity index (χ2v) is 4.90. The molecular weight excluding hydrogens is 293 g/mol. The number of carboxylic acid groups (broad SMARTS) is 2. The van der Waals surface area contributed by atoms with Gasteiger partial charge in [-0.1, -0.05) is 23.2 Å². The highest BCUT2D eigenvalue weighted by molar-refractivity contribution is 6.36. The maximum Gasteiger partial charge on any atom is 0.328 e. The summed E-state index contributed by atoms with van der Waals surface area (Å²) in [4.78, 5) is 21.9. The average molecular weight is 302 g/mol. The standard InChI is InChI=1S/C12H9Cl2NO4/c13-6-3-7(14)11-5(2-10(16)17)1-9(12(18)19)15-8(11)4-6/h2-4,9,15H,1H2,(H,16,17)(H,18,19)/b5-2+. The molecule has 100 valence electrons. The lowest BCUT2D eigenvalue weighted by molar-refractivity contribution is -0.138. The van der Waals surface area contributed by atoms with Gasteiger partial charge in [0, 0.05) is 28.8 Å². The number of carboxylic acids is 2. The third-order valence-electron chi connectivity index (χ3n) is 2.73. The molecule has 1 aromatic rings. The highest BCUT2D eigenvalue weighted by atomic mass is 35.5. The van der Waals surface area contributed by atoms with Gasteiger partial charge in [-0.05, 0) is 17.7 Å². The summed E-state index contributed by atoms with van der Waals surface area (Å²) in [6, 6.07) is 2.10. The third-order valence-corrected chi connectivity index (χ3v) is 3.24. The van der Waals surface area contributed by atoms with Crippen molar-refractivity contribution in [2.75, 3.05) is 5.32 Å². The Hall–Kier alpha value is -1.72.